The molecule has 1 atom stereocenters. The Hall–Kier alpha value is -2.49. The highest BCUT2D eigenvalue weighted by Crippen LogP contribution is 2.38. The zero-order chi connectivity index (χ0) is 17.2. The molecular formula is C20H24N2O2. The molecule has 0 saturated carbocycles. The Labute approximate surface area is 143 Å². The summed E-state index contributed by atoms with van der Waals surface area (Å²) in [6.45, 7) is 7.44. The first kappa shape index (κ1) is 16.4. The summed E-state index contributed by atoms with van der Waals surface area (Å²) < 4.78 is 5.77. The number of carbonyl (C=O) groups excluding carboxylic acids is 1. The Kier molecular flexibility index (Phi) is 4.47. The minimum Gasteiger partial charge on any atom is -0.494 e. The molecule has 0 saturated heterocycles. The van der Waals surface area contributed by atoms with Gasteiger partial charge in [-0.15, -0.1) is 0 Å². The maximum atomic E-state index is 12.9. The van der Waals surface area contributed by atoms with Crippen molar-refractivity contribution in [3.8, 4) is 5.75 Å². The van der Waals surface area contributed by atoms with Crippen LogP contribution in [0.3, 0.4) is 0 Å². The molecule has 1 unspecified atom stereocenters. The third-order valence-electron chi connectivity index (χ3n) is 4.51. The van der Waals surface area contributed by atoms with Crippen molar-refractivity contribution < 1.29 is 9.53 Å². The number of benzene rings is 2. The van der Waals surface area contributed by atoms with Gasteiger partial charge in [0.15, 0.2) is 0 Å². The van der Waals surface area contributed by atoms with Gasteiger partial charge in [-0.1, -0.05) is 31.2 Å². The highest BCUT2D eigenvalue weighted by molar-refractivity contribution is 6.02. The second-order valence-corrected chi connectivity index (χ2v) is 6.17. The number of hydrogen-bond donors (Lipinski definition) is 1. The summed E-state index contributed by atoms with van der Waals surface area (Å²) in [6, 6.07) is 15.7. The molecule has 0 aromatic heterocycles. The SMILES string of the molecule is CCCOc1cccc(C2(C)Nc3ccccc3C(=O)N2CC)c1. The van der Waals surface area contributed by atoms with E-state index >= 15 is 0 Å². The van der Waals surface area contributed by atoms with Crippen LogP contribution in [0.15, 0.2) is 48.5 Å². The summed E-state index contributed by atoms with van der Waals surface area (Å²) in [6.07, 6.45) is 0.965. The lowest BCUT2D eigenvalue weighted by molar-refractivity contribution is 0.0552. The van der Waals surface area contributed by atoms with Gasteiger partial charge in [0.05, 0.1) is 12.2 Å². The normalized spacial score (nSPS) is 19.6. The standard InChI is InChI=1S/C20H24N2O2/c1-4-13-24-16-10-8-9-15(14-16)20(3)21-18-12-7-6-11-17(18)19(23)22(20)5-2/h6-12,14,21H,4-5,13H2,1-3H3. The lowest BCUT2D eigenvalue weighted by atomic mass is 9.93. The van der Waals surface area contributed by atoms with E-state index < -0.39 is 5.66 Å². The minimum atomic E-state index is -0.605. The molecule has 2 aromatic carbocycles. The van der Waals surface area contributed by atoms with Crippen molar-refractivity contribution in [2.24, 2.45) is 0 Å². The predicted octanol–water partition coefficient (Wildman–Crippen LogP) is 4.24. The molecule has 3 rings (SSSR count). The number of para-hydroxylation sites is 1. The van der Waals surface area contributed by atoms with Crippen molar-refractivity contribution in [2.75, 3.05) is 18.5 Å². The van der Waals surface area contributed by atoms with Gasteiger partial charge in [-0.05, 0) is 44.5 Å². The third-order valence-corrected chi connectivity index (χ3v) is 4.51. The molecule has 0 aliphatic carbocycles. The Balaban J connectivity index is 2.03. The van der Waals surface area contributed by atoms with Crippen LogP contribution in [-0.2, 0) is 5.66 Å². The number of ether oxygens (including phenoxy) is 1. The van der Waals surface area contributed by atoms with E-state index in [1.54, 1.807) is 0 Å². The highest BCUT2D eigenvalue weighted by atomic mass is 16.5. The first-order chi connectivity index (χ1) is 11.6. The molecule has 126 valence electrons. The Morgan fingerprint density at radius 1 is 1.12 bits per heavy atom. The summed E-state index contributed by atoms with van der Waals surface area (Å²) >= 11 is 0. The lowest BCUT2D eigenvalue weighted by Gasteiger charge is -2.46. The molecule has 0 spiro atoms. The molecule has 4 nitrogen and oxygen atoms in total. The fourth-order valence-electron chi connectivity index (χ4n) is 3.25. The number of carbonyl (C=O) groups is 1. The molecule has 1 N–H and O–H groups in total. The molecule has 1 amide bonds. The number of nitrogens with zero attached hydrogens (tertiary/aromatic N) is 1. The summed E-state index contributed by atoms with van der Waals surface area (Å²) in [5.41, 5.74) is 2.00. The second kappa shape index (κ2) is 6.56. The van der Waals surface area contributed by atoms with Gasteiger partial charge in [0, 0.05) is 17.8 Å². The van der Waals surface area contributed by atoms with Gasteiger partial charge in [-0.25, -0.2) is 0 Å². The van der Waals surface area contributed by atoms with Crippen LogP contribution < -0.4 is 10.1 Å². The third kappa shape index (κ3) is 2.73. The summed E-state index contributed by atoms with van der Waals surface area (Å²) in [5.74, 6) is 0.883. The van der Waals surface area contributed by atoms with E-state index in [1.807, 2.05) is 67.3 Å². The molecule has 1 heterocycles. The minimum absolute atomic E-state index is 0.0502. The van der Waals surface area contributed by atoms with Crippen LogP contribution in [0, 0.1) is 0 Å². The molecule has 1 aliphatic heterocycles. The van der Waals surface area contributed by atoms with E-state index in [9.17, 15) is 4.79 Å². The van der Waals surface area contributed by atoms with Gasteiger partial charge in [0.2, 0.25) is 0 Å². The van der Waals surface area contributed by atoms with Crippen molar-refractivity contribution in [2.45, 2.75) is 32.9 Å². The van der Waals surface area contributed by atoms with Crippen LogP contribution in [0.1, 0.15) is 43.1 Å². The topological polar surface area (TPSA) is 41.6 Å². The van der Waals surface area contributed by atoms with E-state index in [0.29, 0.717) is 13.2 Å². The number of hydrogen-bond acceptors (Lipinski definition) is 3. The van der Waals surface area contributed by atoms with Crippen molar-refractivity contribution in [3.63, 3.8) is 0 Å². The zero-order valence-electron chi connectivity index (χ0n) is 14.5. The van der Waals surface area contributed by atoms with Crippen LogP contribution in [0.4, 0.5) is 5.69 Å². The fourth-order valence-corrected chi connectivity index (χ4v) is 3.25. The van der Waals surface area contributed by atoms with Gasteiger partial charge in [-0.3, -0.25) is 4.79 Å². The van der Waals surface area contributed by atoms with Crippen molar-refractivity contribution in [1.29, 1.82) is 0 Å². The molecule has 2 aromatic rings. The number of fused-ring (bicyclic) bond motifs is 1. The number of amides is 1. The van der Waals surface area contributed by atoms with Crippen molar-refractivity contribution in [1.82, 2.24) is 4.90 Å². The monoisotopic (exact) mass is 324 g/mol. The Morgan fingerprint density at radius 3 is 2.67 bits per heavy atom. The van der Waals surface area contributed by atoms with Gasteiger partial charge < -0.3 is 15.0 Å². The number of rotatable bonds is 5. The molecule has 24 heavy (non-hydrogen) atoms. The molecule has 0 bridgehead atoms. The van der Waals surface area contributed by atoms with Gasteiger partial charge in [0.25, 0.3) is 5.91 Å². The lowest BCUT2D eigenvalue weighted by Crippen LogP contribution is -2.55. The molecule has 0 radical (unpaired) electrons. The quantitative estimate of drug-likeness (QED) is 0.894. The molecular weight excluding hydrogens is 300 g/mol. The summed E-state index contributed by atoms with van der Waals surface area (Å²) in [5, 5.41) is 3.55. The maximum absolute atomic E-state index is 12.9. The average Bonchev–Trinajstić information content (AvgIpc) is 2.60. The first-order valence-electron chi connectivity index (χ1n) is 8.52. The van der Waals surface area contributed by atoms with Crippen LogP contribution in [0.2, 0.25) is 0 Å². The maximum Gasteiger partial charge on any atom is 0.258 e. The molecule has 4 heteroatoms. The van der Waals surface area contributed by atoms with Gasteiger partial charge >= 0.3 is 0 Å². The van der Waals surface area contributed by atoms with Crippen LogP contribution >= 0.6 is 0 Å². The van der Waals surface area contributed by atoms with Gasteiger partial charge in [-0.2, -0.15) is 0 Å². The number of anilines is 1. The highest BCUT2D eigenvalue weighted by Gasteiger charge is 2.41. The Morgan fingerprint density at radius 2 is 1.92 bits per heavy atom. The number of nitrogens with one attached hydrogen (secondary N) is 1. The second-order valence-electron chi connectivity index (χ2n) is 6.17. The van der Waals surface area contributed by atoms with Crippen LogP contribution in [0.25, 0.3) is 0 Å². The van der Waals surface area contributed by atoms with Crippen LogP contribution in [0.5, 0.6) is 5.75 Å². The van der Waals surface area contributed by atoms with Crippen molar-refractivity contribution >= 4 is 11.6 Å². The van der Waals surface area contributed by atoms with Gasteiger partial charge in [0.1, 0.15) is 11.4 Å². The van der Waals surface area contributed by atoms with E-state index in [-0.39, 0.29) is 5.91 Å². The largest absolute Gasteiger partial charge is 0.494 e. The molecule has 1 aliphatic rings. The van der Waals surface area contributed by atoms with Crippen LogP contribution in [-0.4, -0.2) is 24.0 Å². The average molecular weight is 324 g/mol. The van der Waals surface area contributed by atoms with E-state index in [4.69, 9.17) is 4.74 Å². The van der Waals surface area contributed by atoms with Crippen molar-refractivity contribution in [3.05, 3.63) is 59.7 Å². The summed E-state index contributed by atoms with van der Waals surface area (Å²) in [4.78, 5) is 14.8. The fraction of sp³-hybridized carbons (Fsp3) is 0.350. The van der Waals surface area contributed by atoms with E-state index in [1.165, 1.54) is 0 Å². The smallest absolute Gasteiger partial charge is 0.258 e. The summed E-state index contributed by atoms with van der Waals surface area (Å²) in [7, 11) is 0. The Bertz CT molecular complexity index is 744. The van der Waals surface area contributed by atoms with E-state index in [2.05, 4.69) is 12.2 Å². The predicted molar refractivity (Wildman–Crippen MR) is 96.4 cm³/mol. The molecule has 0 fully saturated rings. The first-order valence-corrected chi connectivity index (χ1v) is 8.52. The van der Waals surface area contributed by atoms with E-state index in [0.717, 1.165) is 29.0 Å². The zero-order valence-corrected chi connectivity index (χ0v) is 14.5.